The SMILES string of the molecule is CCCS(=O)(=O)Nc1ccc(F)c(C(=O)c2c[nH]c3ncc(-c4ccc([B]c5ccc6c(c5)C(=O)N(C5CCC(=O)NC5=O)C6=O)cc4)cc23)c1F. The number of rotatable bonds is 10. The molecule has 16 heteroatoms. The zero-order valence-electron chi connectivity index (χ0n) is 27.3. The number of ketones is 1. The van der Waals surface area contributed by atoms with Gasteiger partial charge in [-0.1, -0.05) is 54.2 Å². The average molecular weight is 723 g/mol. The van der Waals surface area contributed by atoms with Crippen molar-refractivity contribution in [3.63, 3.8) is 0 Å². The Labute approximate surface area is 295 Å². The summed E-state index contributed by atoms with van der Waals surface area (Å²) in [6, 6.07) is 14.3. The summed E-state index contributed by atoms with van der Waals surface area (Å²) < 4.78 is 56.9. The second-order valence-corrected chi connectivity index (χ2v) is 14.2. The molecular formula is C36H27BF2N5O7S. The van der Waals surface area contributed by atoms with Gasteiger partial charge in [0.15, 0.2) is 13.1 Å². The molecule has 1 unspecified atom stereocenters. The first-order valence-electron chi connectivity index (χ1n) is 16.2. The normalized spacial score (nSPS) is 15.9. The third-order valence-electron chi connectivity index (χ3n) is 8.87. The van der Waals surface area contributed by atoms with Crippen LogP contribution < -0.4 is 21.0 Å². The van der Waals surface area contributed by atoms with Gasteiger partial charge in [-0.3, -0.25) is 38.9 Å². The molecule has 7 rings (SSSR count). The van der Waals surface area contributed by atoms with Crippen LogP contribution in [0.3, 0.4) is 0 Å². The van der Waals surface area contributed by atoms with Gasteiger partial charge in [0.05, 0.1) is 28.1 Å². The number of hydrogen-bond donors (Lipinski definition) is 3. The lowest BCUT2D eigenvalue weighted by Crippen LogP contribution is -2.54. The van der Waals surface area contributed by atoms with Crippen LogP contribution >= 0.6 is 0 Å². The van der Waals surface area contributed by atoms with Crippen LogP contribution in [0.5, 0.6) is 0 Å². The standard InChI is InChI=1S/C36H27BF2N5O7S/c1-2-13-52(50,51)43-27-10-9-26(38)30(31(27)39)32(46)25-17-41-33-23(25)14-19(16-40-33)18-3-5-20(6-4-18)37-21-7-8-22-24(15-21)36(49)44(35(22)48)28-11-12-29(45)42-34(28)47/h3-10,14-17,28,43H,2,11-13H2,1H3,(H,40,41)(H,42,45,47). The van der Waals surface area contributed by atoms with Crippen LogP contribution in [0, 0.1) is 11.6 Å². The number of carbonyl (C=O) groups is 5. The number of pyridine rings is 1. The number of nitrogens with one attached hydrogen (secondary N) is 3. The third kappa shape index (κ3) is 6.25. The van der Waals surface area contributed by atoms with Crippen LogP contribution in [0.2, 0.25) is 0 Å². The molecule has 2 aliphatic heterocycles. The maximum atomic E-state index is 15.4. The summed E-state index contributed by atoms with van der Waals surface area (Å²) in [7, 11) is -2.12. The van der Waals surface area contributed by atoms with E-state index in [1.165, 1.54) is 12.3 Å². The van der Waals surface area contributed by atoms with Crippen molar-refractivity contribution in [3.8, 4) is 11.1 Å². The van der Waals surface area contributed by atoms with E-state index >= 15 is 4.39 Å². The number of nitrogens with zero attached hydrogens (tertiary/aromatic N) is 2. The van der Waals surface area contributed by atoms with Gasteiger partial charge in [0.25, 0.3) is 11.8 Å². The van der Waals surface area contributed by atoms with E-state index in [0.717, 1.165) is 22.5 Å². The Bertz CT molecular complexity index is 2470. The molecule has 0 aliphatic carbocycles. The molecule has 2 aromatic heterocycles. The number of imide groups is 2. The summed E-state index contributed by atoms with van der Waals surface area (Å²) in [6.07, 6.45) is 3.20. The first-order chi connectivity index (χ1) is 24.8. The van der Waals surface area contributed by atoms with E-state index in [2.05, 4.69) is 20.0 Å². The van der Waals surface area contributed by atoms with E-state index in [-0.39, 0.29) is 47.1 Å². The number of sulfonamides is 1. The maximum Gasteiger partial charge on any atom is 0.262 e. The van der Waals surface area contributed by atoms with Gasteiger partial charge in [-0.15, -0.1) is 0 Å². The number of anilines is 1. The fraction of sp³-hybridized carbons (Fsp3) is 0.167. The lowest BCUT2D eigenvalue weighted by Gasteiger charge is -2.27. The molecule has 261 valence electrons. The Morgan fingerprint density at radius 1 is 0.962 bits per heavy atom. The highest BCUT2D eigenvalue weighted by atomic mass is 32.2. The quantitative estimate of drug-likeness (QED) is 0.112. The summed E-state index contributed by atoms with van der Waals surface area (Å²) in [5.74, 6) is -6.12. The molecule has 0 saturated carbocycles. The molecule has 1 saturated heterocycles. The summed E-state index contributed by atoms with van der Waals surface area (Å²) >= 11 is 0. The van der Waals surface area contributed by atoms with E-state index in [1.54, 1.807) is 62.9 Å². The number of amides is 4. The van der Waals surface area contributed by atoms with Crippen LogP contribution in [0.4, 0.5) is 14.5 Å². The van der Waals surface area contributed by atoms with Gasteiger partial charge < -0.3 is 4.98 Å². The smallest absolute Gasteiger partial charge is 0.262 e. The molecule has 12 nitrogen and oxygen atoms in total. The monoisotopic (exact) mass is 722 g/mol. The number of H-pyrrole nitrogens is 1. The van der Waals surface area contributed by atoms with Crippen molar-refractivity contribution in [1.29, 1.82) is 0 Å². The maximum absolute atomic E-state index is 15.4. The van der Waals surface area contributed by atoms with Crippen molar-refractivity contribution in [1.82, 2.24) is 20.2 Å². The molecule has 3 aromatic carbocycles. The first kappa shape index (κ1) is 34.4. The largest absolute Gasteiger partial charge is 0.345 e. The lowest BCUT2D eigenvalue weighted by atomic mass is 9.63. The Hall–Kier alpha value is -6.03. The number of piperidine rings is 1. The fourth-order valence-corrected chi connectivity index (χ4v) is 7.49. The third-order valence-corrected chi connectivity index (χ3v) is 10.3. The minimum Gasteiger partial charge on any atom is -0.345 e. The van der Waals surface area contributed by atoms with Crippen molar-refractivity contribution >= 4 is 74.4 Å². The number of benzene rings is 3. The van der Waals surface area contributed by atoms with Crippen LogP contribution in [0.25, 0.3) is 22.2 Å². The minimum atomic E-state index is -3.91. The zero-order chi connectivity index (χ0) is 36.9. The molecule has 2 aliphatic rings. The van der Waals surface area contributed by atoms with E-state index in [0.29, 0.717) is 22.2 Å². The molecule has 0 spiro atoms. The van der Waals surface area contributed by atoms with E-state index in [9.17, 15) is 36.8 Å². The molecule has 4 amide bonds. The van der Waals surface area contributed by atoms with Gasteiger partial charge in [0.2, 0.25) is 27.6 Å². The Morgan fingerprint density at radius 3 is 2.42 bits per heavy atom. The Kier molecular flexibility index (Phi) is 8.78. The van der Waals surface area contributed by atoms with Crippen LogP contribution in [-0.2, 0) is 19.6 Å². The lowest BCUT2D eigenvalue weighted by molar-refractivity contribution is -0.136. The first-order valence-corrected chi connectivity index (χ1v) is 17.8. The molecule has 1 radical (unpaired) electrons. The van der Waals surface area contributed by atoms with Gasteiger partial charge in [-0.25, -0.2) is 22.2 Å². The number of aromatic amines is 1. The zero-order valence-corrected chi connectivity index (χ0v) is 28.1. The summed E-state index contributed by atoms with van der Waals surface area (Å²) in [6.45, 7) is 1.63. The predicted octanol–water partition coefficient (Wildman–Crippen LogP) is 2.95. The topological polar surface area (TPSA) is 175 Å². The van der Waals surface area contributed by atoms with Crippen molar-refractivity contribution in [2.45, 2.75) is 32.2 Å². The number of fused-ring (bicyclic) bond motifs is 2. The predicted molar refractivity (Wildman–Crippen MR) is 187 cm³/mol. The second kappa shape index (κ2) is 13.3. The number of hydrogen-bond acceptors (Lipinski definition) is 8. The van der Waals surface area contributed by atoms with E-state index < -0.39 is 68.4 Å². The van der Waals surface area contributed by atoms with Crippen LogP contribution in [0.15, 0.2) is 73.1 Å². The molecule has 1 fully saturated rings. The summed E-state index contributed by atoms with van der Waals surface area (Å²) in [5.41, 5.74) is 1.75. The van der Waals surface area contributed by atoms with Crippen LogP contribution in [-0.4, -0.2) is 71.8 Å². The van der Waals surface area contributed by atoms with Gasteiger partial charge in [-0.2, -0.15) is 0 Å². The molecule has 4 heterocycles. The highest BCUT2D eigenvalue weighted by molar-refractivity contribution is 7.92. The minimum absolute atomic E-state index is 0.0225. The molecule has 3 N–H and O–H groups in total. The van der Waals surface area contributed by atoms with Crippen molar-refractivity contribution in [3.05, 3.63) is 107 Å². The number of carbonyl (C=O) groups excluding carboxylic acids is 5. The fourth-order valence-electron chi connectivity index (χ4n) is 6.35. The average Bonchev–Trinajstić information content (AvgIpc) is 3.64. The van der Waals surface area contributed by atoms with E-state index in [1.807, 2.05) is 0 Å². The van der Waals surface area contributed by atoms with Crippen molar-refractivity contribution in [2.75, 3.05) is 10.5 Å². The number of aromatic nitrogens is 2. The van der Waals surface area contributed by atoms with Crippen LogP contribution in [0.1, 0.15) is 62.8 Å². The highest BCUT2D eigenvalue weighted by Gasteiger charge is 2.44. The number of halogens is 2. The molecule has 0 bridgehead atoms. The summed E-state index contributed by atoms with van der Waals surface area (Å²) in [5, 5.41) is 2.46. The summed E-state index contributed by atoms with van der Waals surface area (Å²) in [4.78, 5) is 71.8. The van der Waals surface area contributed by atoms with Gasteiger partial charge in [0, 0.05) is 35.3 Å². The highest BCUT2D eigenvalue weighted by Crippen LogP contribution is 2.30. The molecule has 5 aromatic rings. The Balaban J connectivity index is 1.11. The van der Waals surface area contributed by atoms with Gasteiger partial charge >= 0.3 is 0 Å². The molecule has 1 atom stereocenters. The van der Waals surface area contributed by atoms with Gasteiger partial charge in [0.1, 0.15) is 17.5 Å². The van der Waals surface area contributed by atoms with Gasteiger partial charge in [-0.05, 0) is 42.7 Å². The molecule has 52 heavy (non-hydrogen) atoms. The Morgan fingerprint density at radius 2 is 1.69 bits per heavy atom. The molecular weight excluding hydrogens is 695 g/mol. The van der Waals surface area contributed by atoms with Crippen molar-refractivity contribution < 1.29 is 41.2 Å². The van der Waals surface area contributed by atoms with E-state index in [4.69, 9.17) is 0 Å². The van der Waals surface area contributed by atoms with Crippen molar-refractivity contribution in [2.24, 2.45) is 0 Å². The second-order valence-electron chi connectivity index (χ2n) is 12.4.